The third-order valence-electron chi connectivity index (χ3n) is 2.26. The molecule has 0 spiro atoms. The van der Waals surface area contributed by atoms with Crippen molar-refractivity contribution >= 4 is 29.1 Å². The van der Waals surface area contributed by atoms with Gasteiger partial charge >= 0.3 is 0 Å². The van der Waals surface area contributed by atoms with E-state index in [0.717, 1.165) is 0 Å². The van der Waals surface area contributed by atoms with Crippen molar-refractivity contribution in [3.05, 3.63) is 23.0 Å². The van der Waals surface area contributed by atoms with E-state index >= 15 is 0 Å². The average molecular weight is 271 g/mol. The smallest absolute Gasteiger partial charge is 0.255 e. The van der Waals surface area contributed by atoms with Gasteiger partial charge in [-0.15, -0.1) is 0 Å². The molecule has 0 fully saturated rings. The summed E-state index contributed by atoms with van der Waals surface area (Å²) in [6.45, 7) is 1.59. The Hall–Kier alpha value is -1.82. The molecule has 0 aliphatic carbocycles. The quantitative estimate of drug-likeness (QED) is 0.784. The van der Waals surface area contributed by atoms with E-state index in [1.54, 1.807) is 21.0 Å². The molecule has 1 heterocycles. The van der Waals surface area contributed by atoms with Crippen molar-refractivity contribution in [2.75, 3.05) is 19.8 Å². The number of pyridine rings is 1. The van der Waals surface area contributed by atoms with Crippen LogP contribution in [0, 0.1) is 0 Å². The van der Waals surface area contributed by atoms with Crippen LogP contribution in [-0.4, -0.2) is 41.8 Å². The largest absolute Gasteiger partial charge is 0.397 e. The maximum atomic E-state index is 11.9. The third-order valence-corrected chi connectivity index (χ3v) is 2.56. The molecule has 3 N–H and O–H groups in total. The maximum Gasteiger partial charge on any atom is 0.255 e. The summed E-state index contributed by atoms with van der Waals surface area (Å²) in [6, 6.07) is 0.766. The van der Waals surface area contributed by atoms with Crippen LogP contribution in [0.3, 0.4) is 0 Å². The number of anilines is 1. The molecule has 0 radical (unpaired) electrons. The normalized spacial score (nSPS) is 11.8. The fraction of sp³-hybridized carbons (Fsp3) is 0.364. The van der Waals surface area contributed by atoms with Gasteiger partial charge in [0.05, 0.1) is 17.4 Å². The summed E-state index contributed by atoms with van der Waals surface area (Å²) in [5, 5.41) is 2.58. The number of likely N-dealkylation sites (N-methyl/N-ethyl adjacent to an activating group) is 1. The zero-order valence-corrected chi connectivity index (χ0v) is 11.2. The molecule has 0 bridgehead atoms. The fourth-order valence-electron chi connectivity index (χ4n) is 1.35. The summed E-state index contributed by atoms with van der Waals surface area (Å²) in [6.07, 6.45) is 1.35. The lowest BCUT2D eigenvalue weighted by molar-refractivity contribution is -0.130. The van der Waals surface area contributed by atoms with Crippen LogP contribution >= 0.6 is 11.6 Å². The van der Waals surface area contributed by atoms with Gasteiger partial charge in [0.1, 0.15) is 11.2 Å². The van der Waals surface area contributed by atoms with Gasteiger partial charge in [0.25, 0.3) is 5.91 Å². The lowest BCUT2D eigenvalue weighted by Crippen LogP contribution is -2.44. The van der Waals surface area contributed by atoms with Crippen LogP contribution in [0.1, 0.15) is 17.3 Å². The van der Waals surface area contributed by atoms with Gasteiger partial charge in [-0.3, -0.25) is 9.59 Å². The third kappa shape index (κ3) is 3.33. The number of hydrogen-bond donors (Lipinski definition) is 2. The van der Waals surface area contributed by atoms with Gasteiger partial charge in [0, 0.05) is 14.1 Å². The fourth-order valence-corrected chi connectivity index (χ4v) is 1.54. The topological polar surface area (TPSA) is 88.3 Å². The lowest BCUT2D eigenvalue weighted by atomic mass is 10.2. The molecule has 0 saturated carbocycles. The minimum absolute atomic E-state index is 0.0474. The molecular formula is C11H15ClN4O2. The zero-order chi connectivity index (χ0) is 13.9. The van der Waals surface area contributed by atoms with Crippen LogP contribution in [0.25, 0.3) is 0 Å². The number of nitrogen functional groups attached to an aromatic ring is 1. The zero-order valence-electron chi connectivity index (χ0n) is 10.4. The summed E-state index contributed by atoms with van der Waals surface area (Å²) >= 11 is 5.79. The summed E-state index contributed by atoms with van der Waals surface area (Å²) in [5.41, 5.74) is 6.01. The number of halogens is 1. The summed E-state index contributed by atoms with van der Waals surface area (Å²) in [5.74, 6) is -0.696. The van der Waals surface area contributed by atoms with Gasteiger partial charge in [-0.25, -0.2) is 4.98 Å². The highest BCUT2D eigenvalue weighted by Gasteiger charge is 2.20. The molecule has 1 atom stereocenters. The van der Waals surface area contributed by atoms with Gasteiger partial charge in [-0.1, -0.05) is 11.6 Å². The molecule has 0 aliphatic heterocycles. The maximum absolute atomic E-state index is 11.9. The molecule has 18 heavy (non-hydrogen) atoms. The summed E-state index contributed by atoms with van der Waals surface area (Å²) in [4.78, 5) is 28.7. The first-order valence-corrected chi connectivity index (χ1v) is 5.63. The minimum Gasteiger partial charge on any atom is -0.397 e. The molecule has 0 aliphatic rings. The molecule has 7 heteroatoms. The number of hydrogen-bond acceptors (Lipinski definition) is 4. The number of amides is 2. The predicted octanol–water partition coefficient (Wildman–Crippen LogP) is 0.524. The van der Waals surface area contributed by atoms with E-state index in [4.69, 9.17) is 17.3 Å². The molecule has 0 aromatic carbocycles. The van der Waals surface area contributed by atoms with Crippen molar-refractivity contribution in [3.63, 3.8) is 0 Å². The number of carbonyl (C=O) groups excluding carboxylic acids is 2. The molecule has 1 unspecified atom stereocenters. The lowest BCUT2D eigenvalue weighted by Gasteiger charge is -2.18. The highest BCUT2D eigenvalue weighted by atomic mass is 35.5. The average Bonchev–Trinajstić information content (AvgIpc) is 2.30. The number of nitrogens with one attached hydrogen (secondary N) is 1. The Labute approximate surface area is 110 Å². The van der Waals surface area contributed by atoms with E-state index in [1.807, 2.05) is 0 Å². The molecule has 1 aromatic rings. The Morgan fingerprint density at radius 2 is 2.11 bits per heavy atom. The standard InChI is InChI=1S/C11H15ClN4O2/c1-6(11(18)16(2)3)15-10(17)8-4-7(13)5-14-9(8)12/h4-6H,13H2,1-3H3,(H,15,17). The van der Waals surface area contributed by atoms with E-state index < -0.39 is 11.9 Å². The van der Waals surface area contributed by atoms with Crippen LogP contribution in [0.15, 0.2) is 12.3 Å². The van der Waals surface area contributed by atoms with E-state index in [1.165, 1.54) is 17.2 Å². The van der Waals surface area contributed by atoms with E-state index in [0.29, 0.717) is 5.69 Å². The Morgan fingerprint density at radius 3 is 2.67 bits per heavy atom. The van der Waals surface area contributed by atoms with Crippen molar-refractivity contribution < 1.29 is 9.59 Å². The highest BCUT2D eigenvalue weighted by Crippen LogP contribution is 2.15. The van der Waals surface area contributed by atoms with Gasteiger partial charge < -0.3 is 16.0 Å². The van der Waals surface area contributed by atoms with E-state index in [9.17, 15) is 9.59 Å². The number of carbonyl (C=O) groups is 2. The first-order valence-electron chi connectivity index (χ1n) is 5.26. The summed E-state index contributed by atoms with van der Waals surface area (Å²) in [7, 11) is 3.22. The Balaban J connectivity index is 2.83. The van der Waals surface area contributed by atoms with Crippen molar-refractivity contribution in [1.29, 1.82) is 0 Å². The van der Waals surface area contributed by atoms with Crippen LogP contribution in [0.5, 0.6) is 0 Å². The van der Waals surface area contributed by atoms with E-state index in [2.05, 4.69) is 10.3 Å². The van der Waals surface area contributed by atoms with E-state index in [-0.39, 0.29) is 16.6 Å². The molecule has 0 saturated heterocycles. The summed E-state index contributed by atoms with van der Waals surface area (Å²) < 4.78 is 0. The molecule has 98 valence electrons. The second-order valence-electron chi connectivity index (χ2n) is 4.03. The SMILES string of the molecule is CC(NC(=O)c1cc(N)cnc1Cl)C(=O)N(C)C. The van der Waals surface area contributed by atoms with Gasteiger partial charge in [-0.05, 0) is 13.0 Å². The van der Waals surface area contributed by atoms with Crippen molar-refractivity contribution in [3.8, 4) is 0 Å². The van der Waals surface area contributed by atoms with Crippen LogP contribution in [-0.2, 0) is 4.79 Å². The number of rotatable bonds is 3. The van der Waals surface area contributed by atoms with Gasteiger partial charge in [-0.2, -0.15) is 0 Å². The van der Waals surface area contributed by atoms with Crippen molar-refractivity contribution in [1.82, 2.24) is 15.2 Å². The minimum atomic E-state index is -0.648. The van der Waals surface area contributed by atoms with Gasteiger partial charge in [0.2, 0.25) is 5.91 Å². The first-order chi connectivity index (χ1) is 8.32. The van der Waals surface area contributed by atoms with Crippen LogP contribution < -0.4 is 11.1 Å². The second-order valence-corrected chi connectivity index (χ2v) is 4.39. The van der Waals surface area contributed by atoms with Gasteiger partial charge in [0.15, 0.2) is 0 Å². The second kappa shape index (κ2) is 5.68. The Kier molecular flexibility index (Phi) is 4.49. The van der Waals surface area contributed by atoms with Crippen molar-refractivity contribution in [2.45, 2.75) is 13.0 Å². The highest BCUT2D eigenvalue weighted by molar-refractivity contribution is 6.32. The first kappa shape index (κ1) is 14.2. The molecule has 1 aromatic heterocycles. The van der Waals surface area contributed by atoms with Crippen LogP contribution in [0.4, 0.5) is 5.69 Å². The molecule has 2 amide bonds. The van der Waals surface area contributed by atoms with Crippen molar-refractivity contribution in [2.24, 2.45) is 0 Å². The number of aromatic nitrogens is 1. The monoisotopic (exact) mass is 270 g/mol. The predicted molar refractivity (Wildman–Crippen MR) is 69.3 cm³/mol. The molecule has 6 nitrogen and oxygen atoms in total. The van der Waals surface area contributed by atoms with Crippen LogP contribution in [0.2, 0.25) is 5.15 Å². The number of nitrogens with two attached hydrogens (primary N) is 1. The Morgan fingerprint density at radius 1 is 1.50 bits per heavy atom. The Bertz CT molecular complexity index is 476. The number of nitrogens with zero attached hydrogens (tertiary/aromatic N) is 2. The molecular weight excluding hydrogens is 256 g/mol. The molecule has 1 rings (SSSR count).